The van der Waals surface area contributed by atoms with E-state index < -0.39 is 0 Å². The van der Waals surface area contributed by atoms with Gasteiger partial charge in [-0.2, -0.15) is 0 Å². The molecule has 1 rings (SSSR count). The van der Waals surface area contributed by atoms with Crippen LogP contribution in [0.5, 0.6) is 5.75 Å². The molecule has 0 spiro atoms. The van der Waals surface area contributed by atoms with Crippen molar-refractivity contribution in [2.45, 2.75) is 52.0 Å². The second kappa shape index (κ2) is 8.14. The van der Waals surface area contributed by atoms with E-state index >= 15 is 0 Å². The van der Waals surface area contributed by atoms with Crippen LogP contribution in [0.25, 0.3) is 0 Å². The molecule has 0 aliphatic heterocycles. The first-order chi connectivity index (χ1) is 8.69. The second-order valence-electron chi connectivity index (χ2n) is 4.44. The van der Waals surface area contributed by atoms with Gasteiger partial charge >= 0.3 is 0 Å². The van der Waals surface area contributed by atoms with E-state index in [0.717, 1.165) is 6.42 Å². The third-order valence-corrected chi connectivity index (χ3v) is 3.11. The number of hydrogen-bond donors (Lipinski definition) is 1. The van der Waals surface area contributed by atoms with Crippen LogP contribution < -0.4 is 10.1 Å². The van der Waals surface area contributed by atoms with Gasteiger partial charge in [0.15, 0.2) is 16.7 Å². The molecule has 0 fully saturated rings. The first kappa shape index (κ1) is 15.0. The maximum Gasteiger partial charge on any atom is 0.198 e. The summed E-state index contributed by atoms with van der Waals surface area (Å²) >= 11 is 5.94. The van der Waals surface area contributed by atoms with Crippen LogP contribution >= 0.6 is 11.6 Å². The first-order valence-electron chi connectivity index (χ1n) is 6.50. The Bertz CT molecular complexity index is 360. The molecule has 0 radical (unpaired) electrons. The highest BCUT2D eigenvalue weighted by molar-refractivity contribution is 6.31. The Kier molecular flexibility index (Phi) is 6.80. The molecule has 4 nitrogen and oxygen atoms in total. The molecule has 0 saturated carbocycles. The number of methoxy groups -OCH3 is 1. The van der Waals surface area contributed by atoms with E-state index in [9.17, 15) is 0 Å². The van der Waals surface area contributed by atoms with Gasteiger partial charge in [-0.05, 0) is 13.3 Å². The minimum Gasteiger partial charge on any atom is -0.490 e. The summed E-state index contributed by atoms with van der Waals surface area (Å²) in [7, 11) is 1.57. The Balaban J connectivity index is 2.48. The Labute approximate surface area is 114 Å². The van der Waals surface area contributed by atoms with Crippen molar-refractivity contribution < 1.29 is 4.74 Å². The molecule has 0 aliphatic rings. The Morgan fingerprint density at radius 3 is 2.78 bits per heavy atom. The molecule has 1 N–H and O–H groups in total. The van der Waals surface area contributed by atoms with Gasteiger partial charge in [-0.3, -0.25) is 0 Å². The van der Waals surface area contributed by atoms with E-state index in [4.69, 9.17) is 16.3 Å². The number of halogens is 1. The SMILES string of the molecule is CCCCCCC(C)Nc1ncnc(Cl)c1OC. The maximum absolute atomic E-state index is 5.94. The summed E-state index contributed by atoms with van der Waals surface area (Å²) in [5, 5.41) is 3.66. The number of nitrogens with zero attached hydrogens (tertiary/aromatic N) is 2. The van der Waals surface area contributed by atoms with E-state index in [0.29, 0.717) is 22.8 Å². The van der Waals surface area contributed by atoms with E-state index in [1.165, 1.54) is 32.0 Å². The van der Waals surface area contributed by atoms with Crippen LogP contribution in [-0.4, -0.2) is 23.1 Å². The molecule has 0 aromatic carbocycles. The molecule has 0 saturated heterocycles. The Morgan fingerprint density at radius 2 is 2.11 bits per heavy atom. The second-order valence-corrected chi connectivity index (χ2v) is 4.80. The molecule has 0 bridgehead atoms. The van der Waals surface area contributed by atoms with Crippen LogP contribution in [0.4, 0.5) is 5.82 Å². The molecule has 0 amide bonds. The predicted molar refractivity (Wildman–Crippen MR) is 75.4 cm³/mol. The predicted octanol–water partition coefficient (Wildman–Crippen LogP) is 3.91. The first-order valence-corrected chi connectivity index (χ1v) is 6.87. The zero-order valence-corrected chi connectivity index (χ0v) is 12.1. The number of rotatable bonds is 8. The number of anilines is 1. The van der Waals surface area contributed by atoms with Crippen LogP contribution in [0.15, 0.2) is 6.33 Å². The van der Waals surface area contributed by atoms with Gasteiger partial charge in [0.2, 0.25) is 0 Å². The fraction of sp³-hybridized carbons (Fsp3) is 0.692. The van der Waals surface area contributed by atoms with Gasteiger partial charge in [0.25, 0.3) is 0 Å². The van der Waals surface area contributed by atoms with Crippen LogP contribution in [0.1, 0.15) is 46.0 Å². The Morgan fingerprint density at radius 1 is 1.33 bits per heavy atom. The number of unbranched alkanes of at least 4 members (excludes halogenated alkanes) is 3. The molecule has 1 heterocycles. The van der Waals surface area contributed by atoms with E-state index in [-0.39, 0.29) is 0 Å². The average molecular weight is 272 g/mol. The lowest BCUT2D eigenvalue weighted by Crippen LogP contribution is -2.16. The van der Waals surface area contributed by atoms with E-state index in [1.54, 1.807) is 7.11 Å². The molecule has 18 heavy (non-hydrogen) atoms. The molecule has 0 aliphatic carbocycles. The molecular weight excluding hydrogens is 250 g/mol. The highest BCUT2D eigenvalue weighted by Gasteiger charge is 2.12. The number of hydrogen-bond acceptors (Lipinski definition) is 4. The lowest BCUT2D eigenvalue weighted by atomic mass is 10.1. The topological polar surface area (TPSA) is 47.0 Å². The molecular formula is C13H22ClN3O. The molecule has 5 heteroatoms. The minimum atomic E-state index is 0.341. The summed E-state index contributed by atoms with van der Waals surface area (Å²) in [6, 6.07) is 0.349. The number of ether oxygens (including phenoxy) is 1. The highest BCUT2D eigenvalue weighted by atomic mass is 35.5. The number of nitrogens with one attached hydrogen (secondary N) is 1. The zero-order chi connectivity index (χ0) is 13.4. The molecule has 1 unspecified atom stereocenters. The van der Waals surface area contributed by atoms with Gasteiger partial charge in [0.1, 0.15) is 6.33 Å². The highest BCUT2D eigenvalue weighted by Crippen LogP contribution is 2.29. The van der Waals surface area contributed by atoms with Crippen molar-refractivity contribution in [2.24, 2.45) is 0 Å². The fourth-order valence-electron chi connectivity index (χ4n) is 1.82. The lowest BCUT2D eigenvalue weighted by Gasteiger charge is -2.16. The molecule has 1 atom stereocenters. The summed E-state index contributed by atoms with van der Waals surface area (Å²) < 4.78 is 5.20. The van der Waals surface area contributed by atoms with Crippen molar-refractivity contribution in [3.05, 3.63) is 11.5 Å². The van der Waals surface area contributed by atoms with Crippen molar-refractivity contribution in [1.29, 1.82) is 0 Å². The number of aromatic nitrogens is 2. The van der Waals surface area contributed by atoms with Gasteiger partial charge in [-0.1, -0.05) is 44.2 Å². The van der Waals surface area contributed by atoms with Gasteiger partial charge in [-0.25, -0.2) is 9.97 Å². The maximum atomic E-state index is 5.94. The van der Waals surface area contributed by atoms with Crippen LogP contribution in [0.3, 0.4) is 0 Å². The standard InChI is InChI=1S/C13H22ClN3O/c1-4-5-6-7-8-10(2)17-13-11(18-3)12(14)15-9-16-13/h9-10H,4-8H2,1-3H3,(H,15,16,17). The van der Waals surface area contributed by atoms with Crippen LogP contribution in [0.2, 0.25) is 5.15 Å². The third-order valence-electron chi connectivity index (χ3n) is 2.84. The molecule has 1 aromatic rings. The molecule has 102 valence electrons. The van der Waals surface area contributed by atoms with E-state index in [1.807, 2.05) is 0 Å². The van der Waals surface area contributed by atoms with Gasteiger partial charge in [0, 0.05) is 6.04 Å². The van der Waals surface area contributed by atoms with Crippen molar-refractivity contribution in [3.8, 4) is 5.75 Å². The third kappa shape index (κ3) is 4.69. The Hall–Kier alpha value is -1.03. The minimum absolute atomic E-state index is 0.341. The fourth-order valence-corrected chi connectivity index (χ4v) is 2.03. The summed E-state index contributed by atoms with van der Waals surface area (Å²) in [4.78, 5) is 8.06. The van der Waals surface area contributed by atoms with Crippen LogP contribution in [-0.2, 0) is 0 Å². The summed E-state index contributed by atoms with van der Waals surface area (Å²) in [6.45, 7) is 4.36. The lowest BCUT2D eigenvalue weighted by molar-refractivity contribution is 0.412. The normalized spacial score (nSPS) is 12.2. The van der Waals surface area contributed by atoms with Gasteiger partial charge < -0.3 is 10.1 Å². The quantitative estimate of drug-likeness (QED) is 0.575. The summed E-state index contributed by atoms with van der Waals surface area (Å²) in [6.07, 6.45) is 7.63. The van der Waals surface area contributed by atoms with Crippen molar-refractivity contribution in [3.63, 3.8) is 0 Å². The zero-order valence-electron chi connectivity index (χ0n) is 11.4. The monoisotopic (exact) mass is 271 g/mol. The summed E-state index contributed by atoms with van der Waals surface area (Å²) in [5.74, 6) is 1.18. The van der Waals surface area contributed by atoms with Gasteiger partial charge in [0.05, 0.1) is 7.11 Å². The smallest absolute Gasteiger partial charge is 0.198 e. The van der Waals surface area contributed by atoms with Crippen molar-refractivity contribution in [2.75, 3.05) is 12.4 Å². The van der Waals surface area contributed by atoms with Gasteiger partial charge in [-0.15, -0.1) is 0 Å². The largest absolute Gasteiger partial charge is 0.490 e. The van der Waals surface area contributed by atoms with Crippen molar-refractivity contribution >= 4 is 17.4 Å². The van der Waals surface area contributed by atoms with Crippen molar-refractivity contribution in [1.82, 2.24) is 9.97 Å². The van der Waals surface area contributed by atoms with E-state index in [2.05, 4.69) is 29.1 Å². The average Bonchev–Trinajstić information content (AvgIpc) is 2.35. The molecule has 1 aromatic heterocycles. The summed E-state index contributed by atoms with van der Waals surface area (Å²) in [5.41, 5.74) is 0. The van der Waals surface area contributed by atoms with Crippen LogP contribution in [0, 0.1) is 0 Å².